The SMILES string of the molecule is CC(C)C[C@H](NC(=O)[C@@H](N)[C@@H](C)OC(C)(C)C)C(=O)O. The average Bonchev–Trinajstić information content (AvgIpc) is 2.23. The first-order valence-electron chi connectivity index (χ1n) is 6.90. The number of carbonyl (C=O) groups is 2. The Hall–Kier alpha value is -1.14. The molecular weight excluding hydrogens is 260 g/mol. The molecule has 0 rings (SSSR count). The highest BCUT2D eigenvalue weighted by atomic mass is 16.5. The van der Waals surface area contributed by atoms with Crippen molar-refractivity contribution >= 4 is 11.9 Å². The molecule has 0 heterocycles. The average molecular weight is 288 g/mol. The minimum absolute atomic E-state index is 0.163. The van der Waals surface area contributed by atoms with Gasteiger partial charge in [-0.15, -0.1) is 0 Å². The van der Waals surface area contributed by atoms with Gasteiger partial charge in [0.05, 0.1) is 11.7 Å². The van der Waals surface area contributed by atoms with Crippen molar-refractivity contribution < 1.29 is 19.4 Å². The molecule has 1 amide bonds. The zero-order valence-corrected chi connectivity index (χ0v) is 13.3. The van der Waals surface area contributed by atoms with Crippen molar-refractivity contribution in [1.29, 1.82) is 0 Å². The summed E-state index contributed by atoms with van der Waals surface area (Å²) in [6.45, 7) is 11.1. The Bertz CT molecular complexity index is 337. The van der Waals surface area contributed by atoms with E-state index < -0.39 is 35.7 Å². The van der Waals surface area contributed by atoms with Crippen molar-refractivity contribution in [1.82, 2.24) is 5.32 Å². The number of hydrogen-bond donors (Lipinski definition) is 3. The number of rotatable bonds is 7. The third-order valence-corrected chi connectivity index (χ3v) is 2.67. The van der Waals surface area contributed by atoms with Gasteiger partial charge in [-0.2, -0.15) is 0 Å². The molecule has 6 heteroatoms. The van der Waals surface area contributed by atoms with Crippen molar-refractivity contribution in [3.8, 4) is 0 Å². The van der Waals surface area contributed by atoms with Crippen molar-refractivity contribution in [2.75, 3.05) is 0 Å². The molecule has 4 N–H and O–H groups in total. The Kier molecular flexibility index (Phi) is 7.16. The molecule has 0 aliphatic heterocycles. The second kappa shape index (κ2) is 7.59. The molecule has 0 saturated heterocycles. The Morgan fingerprint density at radius 1 is 1.25 bits per heavy atom. The van der Waals surface area contributed by atoms with Crippen LogP contribution in [0.3, 0.4) is 0 Å². The Morgan fingerprint density at radius 3 is 2.10 bits per heavy atom. The number of hydrogen-bond acceptors (Lipinski definition) is 4. The van der Waals surface area contributed by atoms with Gasteiger partial charge in [0.1, 0.15) is 12.1 Å². The van der Waals surface area contributed by atoms with Gasteiger partial charge in [0.2, 0.25) is 5.91 Å². The summed E-state index contributed by atoms with van der Waals surface area (Å²) in [5, 5.41) is 11.6. The molecule has 0 unspecified atom stereocenters. The van der Waals surface area contributed by atoms with Crippen molar-refractivity contribution in [2.24, 2.45) is 11.7 Å². The largest absolute Gasteiger partial charge is 0.480 e. The predicted octanol–water partition coefficient (Wildman–Crippen LogP) is 1.13. The smallest absolute Gasteiger partial charge is 0.326 e. The molecule has 0 aromatic rings. The highest BCUT2D eigenvalue weighted by molar-refractivity contribution is 5.87. The highest BCUT2D eigenvalue weighted by Crippen LogP contribution is 2.13. The minimum atomic E-state index is -1.05. The zero-order valence-electron chi connectivity index (χ0n) is 13.3. The molecule has 118 valence electrons. The van der Waals surface area contributed by atoms with Crippen LogP contribution in [0, 0.1) is 5.92 Å². The van der Waals surface area contributed by atoms with E-state index in [1.165, 1.54) is 0 Å². The lowest BCUT2D eigenvalue weighted by atomic mass is 10.0. The van der Waals surface area contributed by atoms with E-state index in [4.69, 9.17) is 15.6 Å². The molecule has 0 radical (unpaired) electrons. The van der Waals surface area contributed by atoms with Gasteiger partial charge in [0, 0.05) is 0 Å². The minimum Gasteiger partial charge on any atom is -0.480 e. The summed E-state index contributed by atoms with van der Waals surface area (Å²) in [4.78, 5) is 23.1. The first-order chi connectivity index (χ1) is 8.94. The monoisotopic (exact) mass is 288 g/mol. The fourth-order valence-corrected chi connectivity index (χ4v) is 1.80. The molecule has 0 aliphatic rings. The Morgan fingerprint density at radius 2 is 1.75 bits per heavy atom. The summed E-state index contributed by atoms with van der Waals surface area (Å²) in [6, 6.07) is -1.82. The molecule has 0 bridgehead atoms. The Balaban J connectivity index is 4.60. The van der Waals surface area contributed by atoms with Crippen molar-refractivity contribution in [3.05, 3.63) is 0 Å². The van der Waals surface area contributed by atoms with Gasteiger partial charge in [0.25, 0.3) is 0 Å². The molecule has 0 aliphatic carbocycles. The number of ether oxygens (including phenoxy) is 1. The van der Waals surface area contributed by atoms with E-state index >= 15 is 0 Å². The number of aliphatic carboxylic acids is 1. The third kappa shape index (κ3) is 7.45. The molecule has 20 heavy (non-hydrogen) atoms. The molecule has 0 spiro atoms. The molecular formula is C14H28N2O4. The molecule has 0 saturated carbocycles. The maximum atomic E-state index is 12.0. The van der Waals surface area contributed by atoms with E-state index in [2.05, 4.69) is 5.32 Å². The predicted molar refractivity (Wildman–Crippen MR) is 77.3 cm³/mol. The summed E-state index contributed by atoms with van der Waals surface area (Å²) in [6.07, 6.45) is -0.133. The van der Waals surface area contributed by atoms with Crippen LogP contribution < -0.4 is 11.1 Å². The summed E-state index contributed by atoms with van der Waals surface area (Å²) in [7, 11) is 0. The molecule has 3 atom stereocenters. The lowest BCUT2D eigenvalue weighted by molar-refractivity contribution is -0.143. The van der Waals surface area contributed by atoms with Crippen LogP contribution in [-0.2, 0) is 14.3 Å². The van der Waals surface area contributed by atoms with E-state index in [1.807, 2.05) is 34.6 Å². The molecule has 6 nitrogen and oxygen atoms in total. The lowest BCUT2D eigenvalue weighted by Gasteiger charge is -2.29. The fraction of sp³-hybridized carbons (Fsp3) is 0.857. The maximum Gasteiger partial charge on any atom is 0.326 e. The van der Waals surface area contributed by atoms with Gasteiger partial charge in [-0.05, 0) is 40.0 Å². The van der Waals surface area contributed by atoms with Crippen LogP contribution in [0.5, 0.6) is 0 Å². The first kappa shape index (κ1) is 18.9. The zero-order chi connectivity index (χ0) is 16.1. The van der Waals surface area contributed by atoms with Crippen LogP contribution in [0.4, 0.5) is 0 Å². The number of nitrogens with two attached hydrogens (primary N) is 1. The summed E-state index contributed by atoms with van der Waals surface area (Å²) in [5.74, 6) is -1.39. The number of amides is 1. The topological polar surface area (TPSA) is 102 Å². The maximum absolute atomic E-state index is 12.0. The van der Waals surface area contributed by atoms with Gasteiger partial charge in [-0.3, -0.25) is 4.79 Å². The van der Waals surface area contributed by atoms with Crippen molar-refractivity contribution in [2.45, 2.75) is 71.8 Å². The Labute approximate surface area is 121 Å². The van der Waals surface area contributed by atoms with Crippen LogP contribution in [-0.4, -0.2) is 40.8 Å². The summed E-state index contributed by atoms with van der Waals surface area (Å²) < 4.78 is 5.61. The van der Waals surface area contributed by atoms with E-state index in [0.717, 1.165) is 0 Å². The van der Waals surface area contributed by atoms with Gasteiger partial charge >= 0.3 is 5.97 Å². The first-order valence-corrected chi connectivity index (χ1v) is 6.90. The van der Waals surface area contributed by atoms with E-state index in [1.54, 1.807) is 6.92 Å². The molecule has 0 aromatic carbocycles. The number of carboxylic acid groups (broad SMARTS) is 1. The van der Waals surface area contributed by atoms with Crippen LogP contribution in [0.2, 0.25) is 0 Å². The fourth-order valence-electron chi connectivity index (χ4n) is 1.80. The number of nitrogens with one attached hydrogen (secondary N) is 1. The second-order valence-corrected chi connectivity index (χ2v) is 6.49. The van der Waals surface area contributed by atoms with Gasteiger partial charge < -0.3 is 20.9 Å². The summed E-state index contributed by atoms with van der Waals surface area (Å²) >= 11 is 0. The number of carboxylic acids is 1. The van der Waals surface area contributed by atoms with Gasteiger partial charge in [-0.25, -0.2) is 4.79 Å². The van der Waals surface area contributed by atoms with Crippen LogP contribution in [0.15, 0.2) is 0 Å². The highest BCUT2D eigenvalue weighted by Gasteiger charge is 2.29. The number of carbonyl (C=O) groups excluding carboxylic acids is 1. The standard InChI is InChI=1S/C14H28N2O4/c1-8(2)7-10(13(18)19)16-12(17)11(15)9(3)20-14(4,5)6/h8-11H,7,15H2,1-6H3,(H,16,17)(H,18,19)/t9-,10+,11+/m1/s1. The van der Waals surface area contributed by atoms with Gasteiger partial charge in [-0.1, -0.05) is 13.8 Å². The van der Waals surface area contributed by atoms with E-state index in [0.29, 0.717) is 6.42 Å². The van der Waals surface area contributed by atoms with Crippen LogP contribution in [0.1, 0.15) is 48.0 Å². The third-order valence-electron chi connectivity index (χ3n) is 2.67. The lowest BCUT2D eigenvalue weighted by Crippen LogP contribution is -2.54. The molecule has 0 fully saturated rings. The van der Waals surface area contributed by atoms with Crippen LogP contribution in [0.25, 0.3) is 0 Å². The quantitative estimate of drug-likeness (QED) is 0.652. The molecule has 0 aromatic heterocycles. The van der Waals surface area contributed by atoms with Gasteiger partial charge in [0.15, 0.2) is 0 Å². The normalized spacial score (nSPS) is 16.6. The summed E-state index contributed by atoms with van der Waals surface area (Å²) in [5.41, 5.74) is 5.40. The van der Waals surface area contributed by atoms with E-state index in [-0.39, 0.29) is 5.92 Å². The van der Waals surface area contributed by atoms with Crippen molar-refractivity contribution in [3.63, 3.8) is 0 Å². The van der Waals surface area contributed by atoms with E-state index in [9.17, 15) is 9.59 Å². The second-order valence-electron chi connectivity index (χ2n) is 6.49. The van der Waals surface area contributed by atoms with Crippen LogP contribution >= 0.6 is 0 Å².